The summed E-state index contributed by atoms with van der Waals surface area (Å²) >= 11 is 0. The molecule has 0 bridgehead atoms. The molecular weight excluding hydrogens is 364 g/mol. The Bertz CT molecular complexity index is 770. The summed E-state index contributed by atoms with van der Waals surface area (Å²) in [5.74, 6) is 0.555. The molecule has 3 rings (SSSR count). The molecule has 2 aromatic carbocycles. The van der Waals surface area contributed by atoms with Crippen LogP contribution in [-0.2, 0) is 4.74 Å². The van der Waals surface area contributed by atoms with Crippen molar-refractivity contribution in [2.75, 3.05) is 39.5 Å². The van der Waals surface area contributed by atoms with Crippen molar-refractivity contribution in [1.29, 1.82) is 0 Å². The van der Waals surface area contributed by atoms with Gasteiger partial charge in [-0.15, -0.1) is 0 Å². The molecule has 2 aromatic rings. The molecule has 1 aliphatic rings. The first-order chi connectivity index (χ1) is 14.2. The largest absolute Gasteiger partial charge is 0.493 e. The van der Waals surface area contributed by atoms with Crippen LogP contribution >= 0.6 is 0 Å². The Hall–Kier alpha value is -2.37. The molecule has 5 heteroatoms. The number of morpholine rings is 1. The summed E-state index contributed by atoms with van der Waals surface area (Å²) in [5, 5.41) is 3.14. The third-order valence-corrected chi connectivity index (χ3v) is 5.29. The van der Waals surface area contributed by atoms with E-state index < -0.39 is 0 Å². The summed E-state index contributed by atoms with van der Waals surface area (Å²) in [6, 6.07) is 16.2. The van der Waals surface area contributed by atoms with Crippen LogP contribution in [0.25, 0.3) is 0 Å². The lowest BCUT2D eigenvalue weighted by atomic mass is 10.0. The highest BCUT2D eigenvalue weighted by molar-refractivity contribution is 5.96. The number of para-hydroxylation sites is 1. The second kappa shape index (κ2) is 11.0. The van der Waals surface area contributed by atoms with Crippen LogP contribution in [0.1, 0.15) is 47.3 Å². The summed E-state index contributed by atoms with van der Waals surface area (Å²) in [5.41, 5.74) is 3.04. The van der Waals surface area contributed by atoms with Gasteiger partial charge in [-0.05, 0) is 31.0 Å². The number of hydrogen-bond acceptors (Lipinski definition) is 4. The molecule has 1 N–H and O–H groups in total. The number of hydrogen-bond donors (Lipinski definition) is 1. The number of benzene rings is 2. The highest BCUT2D eigenvalue weighted by Crippen LogP contribution is 2.23. The van der Waals surface area contributed by atoms with Crippen LogP contribution in [0.15, 0.2) is 48.5 Å². The maximum Gasteiger partial charge on any atom is 0.255 e. The van der Waals surface area contributed by atoms with E-state index in [1.165, 1.54) is 11.1 Å². The zero-order valence-electron chi connectivity index (χ0n) is 17.5. The van der Waals surface area contributed by atoms with Gasteiger partial charge in [0.2, 0.25) is 0 Å². The Morgan fingerprint density at radius 1 is 1.14 bits per heavy atom. The normalized spacial score (nSPS) is 15.7. The molecule has 29 heavy (non-hydrogen) atoms. The molecule has 0 spiro atoms. The first-order valence-corrected chi connectivity index (χ1v) is 10.6. The zero-order chi connectivity index (χ0) is 20.5. The fourth-order valence-corrected chi connectivity index (χ4v) is 3.53. The van der Waals surface area contributed by atoms with Crippen molar-refractivity contribution in [3.05, 3.63) is 65.2 Å². The number of unbranched alkanes of at least 4 members (excludes halogenated alkanes) is 1. The van der Waals surface area contributed by atoms with E-state index in [0.29, 0.717) is 24.5 Å². The number of nitrogens with one attached hydrogen (secondary N) is 1. The fourth-order valence-electron chi connectivity index (χ4n) is 3.53. The zero-order valence-corrected chi connectivity index (χ0v) is 17.5. The molecule has 1 saturated heterocycles. The van der Waals surface area contributed by atoms with Crippen LogP contribution in [0, 0.1) is 6.92 Å². The lowest BCUT2D eigenvalue weighted by Gasteiger charge is -2.35. The highest BCUT2D eigenvalue weighted by Gasteiger charge is 2.24. The maximum absolute atomic E-state index is 12.9. The van der Waals surface area contributed by atoms with Gasteiger partial charge in [-0.1, -0.05) is 55.3 Å². The van der Waals surface area contributed by atoms with Crippen molar-refractivity contribution in [2.24, 2.45) is 0 Å². The van der Waals surface area contributed by atoms with Crippen LogP contribution in [0.3, 0.4) is 0 Å². The van der Waals surface area contributed by atoms with Gasteiger partial charge < -0.3 is 14.8 Å². The summed E-state index contributed by atoms with van der Waals surface area (Å²) in [6.07, 6.45) is 2.04. The van der Waals surface area contributed by atoms with E-state index >= 15 is 0 Å². The van der Waals surface area contributed by atoms with Crippen LogP contribution in [0.4, 0.5) is 0 Å². The van der Waals surface area contributed by atoms with E-state index in [1.54, 1.807) is 0 Å². The molecule has 1 fully saturated rings. The number of amides is 1. The van der Waals surface area contributed by atoms with E-state index in [4.69, 9.17) is 9.47 Å². The number of nitrogens with zero attached hydrogens (tertiary/aromatic N) is 1. The Kier molecular flexibility index (Phi) is 8.08. The van der Waals surface area contributed by atoms with Gasteiger partial charge >= 0.3 is 0 Å². The monoisotopic (exact) mass is 396 g/mol. The molecule has 1 atom stereocenters. The summed E-state index contributed by atoms with van der Waals surface area (Å²) < 4.78 is 11.3. The lowest BCUT2D eigenvalue weighted by molar-refractivity contribution is 0.0162. The number of aryl methyl sites for hydroxylation is 1. The van der Waals surface area contributed by atoms with Crippen molar-refractivity contribution in [1.82, 2.24) is 10.2 Å². The molecule has 1 unspecified atom stereocenters. The molecule has 1 amide bonds. The Balaban J connectivity index is 1.70. The summed E-state index contributed by atoms with van der Waals surface area (Å²) in [4.78, 5) is 15.3. The number of ether oxygens (including phenoxy) is 2. The minimum Gasteiger partial charge on any atom is -0.493 e. The molecular formula is C24H32N2O3. The minimum absolute atomic E-state index is 0.0949. The van der Waals surface area contributed by atoms with Crippen molar-refractivity contribution in [3.63, 3.8) is 0 Å². The van der Waals surface area contributed by atoms with Crippen LogP contribution in [0.5, 0.6) is 5.75 Å². The predicted octanol–water partition coefficient (Wildman–Crippen LogP) is 3.98. The van der Waals surface area contributed by atoms with Gasteiger partial charge in [-0.3, -0.25) is 9.69 Å². The maximum atomic E-state index is 12.9. The van der Waals surface area contributed by atoms with Gasteiger partial charge in [0, 0.05) is 19.6 Å². The second-order valence-corrected chi connectivity index (χ2v) is 7.48. The van der Waals surface area contributed by atoms with Gasteiger partial charge in [-0.25, -0.2) is 0 Å². The van der Waals surface area contributed by atoms with Crippen LogP contribution in [-0.4, -0.2) is 50.3 Å². The van der Waals surface area contributed by atoms with Crippen molar-refractivity contribution < 1.29 is 14.3 Å². The van der Waals surface area contributed by atoms with Gasteiger partial charge in [0.25, 0.3) is 5.91 Å². The number of carbonyl (C=O) groups excluding carboxylic acids is 1. The second-order valence-electron chi connectivity index (χ2n) is 7.48. The van der Waals surface area contributed by atoms with E-state index in [1.807, 2.05) is 24.3 Å². The first-order valence-electron chi connectivity index (χ1n) is 10.6. The lowest BCUT2D eigenvalue weighted by Crippen LogP contribution is -2.43. The standard InChI is InChI=1S/C24H32N2O3/c1-3-4-15-29-23-8-6-5-7-21(23)24(27)25-18-22(26-13-16-28-17-14-26)20-11-9-19(2)10-12-20/h5-12,22H,3-4,13-18H2,1-2H3,(H,25,27). The summed E-state index contributed by atoms with van der Waals surface area (Å²) in [6.45, 7) is 8.57. The Morgan fingerprint density at radius 2 is 1.86 bits per heavy atom. The molecule has 5 nitrogen and oxygen atoms in total. The molecule has 0 aliphatic carbocycles. The Labute approximate surface area is 174 Å². The quantitative estimate of drug-likeness (QED) is 0.652. The molecule has 0 aromatic heterocycles. The van der Waals surface area contributed by atoms with Gasteiger partial charge in [-0.2, -0.15) is 0 Å². The van der Waals surface area contributed by atoms with Crippen molar-refractivity contribution in [2.45, 2.75) is 32.7 Å². The molecule has 1 heterocycles. The predicted molar refractivity (Wildman–Crippen MR) is 115 cm³/mol. The molecule has 156 valence electrons. The third kappa shape index (κ3) is 6.05. The SMILES string of the molecule is CCCCOc1ccccc1C(=O)NCC(c1ccc(C)cc1)N1CCOCC1. The fraction of sp³-hybridized carbons (Fsp3) is 0.458. The Morgan fingerprint density at radius 3 is 2.59 bits per heavy atom. The van der Waals surface area contributed by atoms with Crippen molar-refractivity contribution >= 4 is 5.91 Å². The molecule has 0 radical (unpaired) electrons. The van der Waals surface area contributed by atoms with Crippen LogP contribution in [0.2, 0.25) is 0 Å². The summed E-state index contributed by atoms with van der Waals surface area (Å²) in [7, 11) is 0. The highest BCUT2D eigenvalue weighted by atomic mass is 16.5. The van der Waals surface area contributed by atoms with E-state index in [-0.39, 0.29) is 11.9 Å². The van der Waals surface area contributed by atoms with Gasteiger partial charge in [0.1, 0.15) is 5.75 Å². The first kappa shape index (κ1) is 21.3. The van der Waals surface area contributed by atoms with Crippen LogP contribution < -0.4 is 10.1 Å². The topological polar surface area (TPSA) is 50.8 Å². The number of carbonyl (C=O) groups is 1. The van der Waals surface area contributed by atoms with Gasteiger partial charge in [0.15, 0.2) is 0 Å². The molecule has 1 aliphatic heterocycles. The van der Waals surface area contributed by atoms with E-state index in [2.05, 4.69) is 48.3 Å². The van der Waals surface area contributed by atoms with Crippen molar-refractivity contribution in [3.8, 4) is 5.75 Å². The number of rotatable bonds is 9. The van der Waals surface area contributed by atoms with E-state index in [9.17, 15) is 4.79 Å². The molecule has 0 saturated carbocycles. The average Bonchev–Trinajstić information content (AvgIpc) is 2.76. The van der Waals surface area contributed by atoms with Gasteiger partial charge in [0.05, 0.1) is 31.4 Å². The smallest absolute Gasteiger partial charge is 0.255 e. The minimum atomic E-state index is -0.0949. The third-order valence-electron chi connectivity index (χ3n) is 5.29. The van der Waals surface area contributed by atoms with E-state index in [0.717, 1.165) is 39.1 Å². The average molecular weight is 397 g/mol.